The zero-order valence-corrected chi connectivity index (χ0v) is 9.16. The van der Waals surface area contributed by atoms with Gasteiger partial charge in [-0.05, 0) is 12.1 Å². The van der Waals surface area contributed by atoms with Crippen molar-refractivity contribution in [1.82, 2.24) is 4.90 Å². The summed E-state index contributed by atoms with van der Waals surface area (Å²) in [6.07, 6.45) is 0. The molecule has 0 heterocycles. The molecule has 0 aromatic heterocycles. The molecule has 0 aliphatic carbocycles. The topological polar surface area (TPSA) is 66.6 Å². The van der Waals surface area contributed by atoms with Crippen LogP contribution >= 0.6 is 11.6 Å². The summed E-state index contributed by atoms with van der Waals surface area (Å²) < 4.78 is 0. The van der Waals surface area contributed by atoms with Crippen molar-refractivity contribution < 1.29 is 9.90 Å². The smallest absolute Gasteiger partial charge is 0.255 e. The Morgan fingerprint density at radius 3 is 2.87 bits per heavy atom. The van der Waals surface area contributed by atoms with Crippen LogP contribution in [0.25, 0.3) is 0 Å². The van der Waals surface area contributed by atoms with Crippen molar-refractivity contribution in [1.29, 1.82) is 0 Å². The van der Waals surface area contributed by atoms with Crippen LogP contribution in [0, 0.1) is 0 Å². The molecule has 15 heavy (non-hydrogen) atoms. The van der Waals surface area contributed by atoms with Gasteiger partial charge in [-0.3, -0.25) is 4.79 Å². The number of benzene rings is 1. The van der Waals surface area contributed by atoms with E-state index in [1.165, 1.54) is 4.90 Å². The number of likely N-dealkylation sites (N-methyl/N-ethyl adjacent to an activating group) is 1. The number of carbonyl (C=O) groups excluding carboxylic acids is 1. The highest BCUT2D eigenvalue weighted by atomic mass is 35.5. The van der Waals surface area contributed by atoms with Gasteiger partial charge in [0, 0.05) is 13.6 Å². The second-order valence-corrected chi connectivity index (χ2v) is 3.56. The van der Waals surface area contributed by atoms with Crippen molar-refractivity contribution in [2.24, 2.45) is 0 Å². The van der Waals surface area contributed by atoms with Crippen LogP contribution in [-0.4, -0.2) is 36.1 Å². The van der Waals surface area contributed by atoms with Crippen molar-refractivity contribution in [3.8, 4) is 0 Å². The number of halogens is 1. The van der Waals surface area contributed by atoms with Gasteiger partial charge < -0.3 is 15.7 Å². The number of carbonyl (C=O) groups is 1. The van der Waals surface area contributed by atoms with Gasteiger partial charge in [0.25, 0.3) is 5.91 Å². The molecule has 0 fully saturated rings. The second kappa shape index (κ2) is 5.00. The monoisotopic (exact) mass is 228 g/mol. The number of hydrogen-bond donors (Lipinski definition) is 2. The molecule has 0 unspecified atom stereocenters. The minimum atomic E-state index is -0.246. The number of nitrogens with zero attached hydrogens (tertiary/aromatic N) is 1. The molecule has 4 nitrogen and oxygen atoms in total. The number of aliphatic hydroxyl groups excluding tert-OH is 1. The standard InChI is InChI=1S/C10H13ClN2O2/c1-13(5-6-14)10(15)7-3-2-4-8(11)9(7)12/h2-4,14H,5-6,12H2,1H3. The van der Waals surface area contributed by atoms with Crippen LogP contribution in [0.3, 0.4) is 0 Å². The van der Waals surface area contributed by atoms with E-state index in [1.54, 1.807) is 25.2 Å². The average Bonchev–Trinajstić information content (AvgIpc) is 2.21. The fourth-order valence-electron chi connectivity index (χ4n) is 1.18. The SMILES string of the molecule is CN(CCO)C(=O)c1cccc(Cl)c1N. The van der Waals surface area contributed by atoms with Gasteiger partial charge in [-0.1, -0.05) is 17.7 Å². The number of nitrogens with two attached hydrogens (primary N) is 1. The van der Waals surface area contributed by atoms with Crippen molar-refractivity contribution in [2.45, 2.75) is 0 Å². The van der Waals surface area contributed by atoms with Gasteiger partial charge in [-0.25, -0.2) is 0 Å². The van der Waals surface area contributed by atoms with Crippen LogP contribution in [0.4, 0.5) is 5.69 Å². The quantitative estimate of drug-likeness (QED) is 0.759. The fraction of sp³-hybridized carbons (Fsp3) is 0.300. The summed E-state index contributed by atoms with van der Waals surface area (Å²) >= 11 is 5.79. The van der Waals surface area contributed by atoms with Gasteiger partial charge in [0.1, 0.15) is 0 Å². The van der Waals surface area contributed by atoms with E-state index in [0.717, 1.165) is 0 Å². The summed E-state index contributed by atoms with van der Waals surface area (Å²) in [5.74, 6) is -0.246. The van der Waals surface area contributed by atoms with Gasteiger partial charge >= 0.3 is 0 Å². The number of amides is 1. The Bertz CT molecular complexity index is 368. The maximum absolute atomic E-state index is 11.8. The first-order chi connectivity index (χ1) is 7.07. The van der Waals surface area contributed by atoms with E-state index in [0.29, 0.717) is 10.6 Å². The summed E-state index contributed by atoms with van der Waals surface area (Å²) in [5.41, 5.74) is 6.31. The highest BCUT2D eigenvalue weighted by Crippen LogP contribution is 2.23. The molecule has 1 amide bonds. The van der Waals surface area contributed by atoms with E-state index in [4.69, 9.17) is 22.4 Å². The van der Waals surface area contributed by atoms with Gasteiger partial charge in [0.05, 0.1) is 22.9 Å². The predicted octanol–water partition coefficient (Wildman–Crippen LogP) is 0.986. The molecule has 0 atom stereocenters. The molecule has 0 saturated carbocycles. The van der Waals surface area contributed by atoms with E-state index in [9.17, 15) is 4.79 Å². The number of anilines is 1. The molecule has 0 bridgehead atoms. The maximum Gasteiger partial charge on any atom is 0.255 e. The lowest BCUT2D eigenvalue weighted by Crippen LogP contribution is -2.30. The van der Waals surface area contributed by atoms with Gasteiger partial charge in [0.2, 0.25) is 0 Å². The minimum absolute atomic E-state index is 0.0806. The third kappa shape index (κ3) is 2.61. The van der Waals surface area contributed by atoms with Crippen molar-refractivity contribution in [2.75, 3.05) is 25.9 Å². The van der Waals surface area contributed by atoms with E-state index in [1.807, 2.05) is 0 Å². The third-order valence-electron chi connectivity index (χ3n) is 2.07. The van der Waals surface area contributed by atoms with Crippen molar-refractivity contribution >= 4 is 23.2 Å². The van der Waals surface area contributed by atoms with E-state index >= 15 is 0 Å². The summed E-state index contributed by atoms with van der Waals surface area (Å²) in [7, 11) is 1.60. The first-order valence-corrected chi connectivity index (χ1v) is 4.86. The van der Waals surface area contributed by atoms with Crippen molar-refractivity contribution in [3.63, 3.8) is 0 Å². The van der Waals surface area contributed by atoms with Crippen LogP contribution in [0.5, 0.6) is 0 Å². The molecule has 0 spiro atoms. The molecule has 82 valence electrons. The molecular formula is C10H13ClN2O2. The molecule has 1 aromatic rings. The van der Waals surface area contributed by atoms with Crippen LogP contribution in [0.2, 0.25) is 5.02 Å². The number of aliphatic hydroxyl groups is 1. The van der Waals surface area contributed by atoms with Crippen LogP contribution in [-0.2, 0) is 0 Å². The largest absolute Gasteiger partial charge is 0.397 e. The Labute approximate surface area is 93.2 Å². The Hall–Kier alpha value is -1.26. The number of rotatable bonds is 3. The Kier molecular flexibility index (Phi) is 3.94. The van der Waals surface area contributed by atoms with Gasteiger partial charge in [-0.2, -0.15) is 0 Å². The van der Waals surface area contributed by atoms with E-state index in [2.05, 4.69) is 0 Å². The zero-order chi connectivity index (χ0) is 11.4. The first kappa shape index (κ1) is 11.8. The molecule has 0 aliphatic rings. The molecule has 1 aromatic carbocycles. The molecule has 3 N–H and O–H groups in total. The van der Waals surface area contributed by atoms with Crippen LogP contribution in [0.1, 0.15) is 10.4 Å². The summed E-state index contributed by atoms with van der Waals surface area (Å²) in [4.78, 5) is 13.2. The minimum Gasteiger partial charge on any atom is -0.397 e. The summed E-state index contributed by atoms with van der Waals surface area (Å²) in [6, 6.07) is 4.90. The lowest BCUT2D eigenvalue weighted by atomic mass is 10.1. The van der Waals surface area contributed by atoms with Gasteiger partial charge in [0.15, 0.2) is 0 Å². The number of para-hydroxylation sites is 1. The molecule has 0 saturated heterocycles. The second-order valence-electron chi connectivity index (χ2n) is 3.15. The molecule has 0 radical (unpaired) electrons. The summed E-state index contributed by atoms with van der Waals surface area (Å²) in [5, 5.41) is 9.06. The number of nitrogen functional groups attached to an aromatic ring is 1. The van der Waals surface area contributed by atoms with E-state index < -0.39 is 0 Å². The maximum atomic E-state index is 11.8. The van der Waals surface area contributed by atoms with Crippen LogP contribution < -0.4 is 5.73 Å². The van der Waals surface area contributed by atoms with Crippen molar-refractivity contribution in [3.05, 3.63) is 28.8 Å². The normalized spacial score (nSPS) is 10.1. The molecule has 1 rings (SSSR count). The lowest BCUT2D eigenvalue weighted by Gasteiger charge is -2.17. The average molecular weight is 229 g/mol. The Morgan fingerprint density at radius 1 is 1.60 bits per heavy atom. The highest BCUT2D eigenvalue weighted by molar-refractivity contribution is 6.33. The number of hydrogen-bond acceptors (Lipinski definition) is 3. The predicted molar refractivity (Wildman–Crippen MR) is 59.9 cm³/mol. The first-order valence-electron chi connectivity index (χ1n) is 4.48. The Balaban J connectivity index is 2.96. The Morgan fingerprint density at radius 2 is 2.27 bits per heavy atom. The lowest BCUT2D eigenvalue weighted by molar-refractivity contribution is 0.0768. The molecule has 0 aliphatic heterocycles. The molecular weight excluding hydrogens is 216 g/mol. The summed E-state index contributed by atoms with van der Waals surface area (Å²) in [6.45, 7) is 0.188. The fourth-order valence-corrected chi connectivity index (χ4v) is 1.36. The third-order valence-corrected chi connectivity index (χ3v) is 2.40. The zero-order valence-electron chi connectivity index (χ0n) is 8.40. The molecule has 5 heteroatoms. The highest BCUT2D eigenvalue weighted by Gasteiger charge is 2.15. The van der Waals surface area contributed by atoms with Gasteiger partial charge in [-0.15, -0.1) is 0 Å². The van der Waals surface area contributed by atoms with Crippen LogP contribution in [0.15, 0.2) is 18.2 Å². The van der Waals surface area contributed by atoms with E-state index in [-0.39, 0.29) is 24.7 Å².